The topological polar surface area (TPSA) is 116 Å². The first-order valence-electron chi connectivity index (χ1n) is 8.90. The maximum atomic E-state index is 13.7. The van der Waals surface area contributed by atoms with Gasteiger partial charge in [-0.1, -0.05) is 24.3 Å². The number of nitriles is 3. The monoisotopic (exact) mass is 355 g/mol. The fourth-order valence-corrected chi connectivity index (χ4v) is 5.29. The van der Waals surface area contributed by atoms with Gasteiger partial charge in [0.1, 0.15) is 11.3 Å². The van der Waals surface area contributed by atoms with E-state index in [0.29, 0.717) is 23.2 Å². The number of likely N-dealkylation sites (N-methyl/N-ethyl adjacent to an activating group) is 1. The number of amides is 1. The zero-order valence-corrected chi connectivity index (χ0v) is 14.9. The Morgan fingerprint density at radius 2 is 1.93 bits per heavy atom. The summed E-state index contributed by atoms with van der Waals surface area (Å²) in [6.07, 6.45) is 4.13. The van der Waals surface area contributed by atoms with Crippen molar-refractivity contribution in [3.63, 3.8) is 0 Å². The molecule has 0 aromatic heterocycles. The Morgan fingerprint density at radius 1 is 1.22 bits per heavy atom. The van der Waals surface area contributed by atoms with Crippen LogP contribution in [0, 0.1) is 56.7 Å². The van der Waals surface area contributed by atoms with Gasteiger partial charge in [0.15, 0.2) is 0 Å². The second-order valence-electron chi connectivity index (χ2n) is 7.33. The Balaban J connectivity index is 2.17. The third-order valence-corrected chi connectivity index (χ3v) is 6.42. The number of allylic oxidation sites excluding steroid dienone is 2. The minimum atomic E-state index is -2.01. The van der Waals surface area contributed by atoms with Gasteiger partial charge in [0, 0.05) is 18.7 Å². The van der Waals surface area contributed by atoms with Gasteiger partial charge in [-0.3, -0.25) is 4.79 Å². The predicted molar refractivity (Wildman–Crippen MR) is 97.4 cm³/mol. The minimum absolute atomic E-state index is 0.280. The molecule has 1 aromatic rings. The van der Waals surface area contributed by atoms with E-state index >= 15 is 0 Å². The lowest BCUT2D eigenvalue weighted by Crippen LogP contribution is -2.64. The van der Waals surface area contributed by atoms with Crippen molar-refractivity contribution >= 4 is 17.3 Å². The highest BCUT2D eigenvalue weighted by Gasteiger charge is 2.73. The Labute approximate surface area is 157 Å². The van der Waals surface area contributed by atoms with E-state index in [4.69, 9.17) is 5.41 Å². The highest BCUT2D eigenvalue weighted by atomic mass is 16.2. The maximum Gasteiger partial charge on any atom is 0.241 e. The molecule has 132 valence electrons. The molecule has 6 nitrogen and oxygen atoms in total. The lowest BCUT2D eigenvalue weighted by molar-refractivity contribution is -0.126. The van der Waals surface area contributed by atoms with Crippen LogP contribution in [0.1, 0.15) is 24.8 Å². The fourth-order valence-electron chi connectivity index (χ4n) is 5.29. The van der Waals surface area contributed by atoms with E-state index in [0.717, 1.165) is 12.8 Å². The number of carbonyl (C=O) groups excluding carboxylic acids is 1. The molecule has 3 aliphatic rings. The second kappa shape index (κ2) is 5.53. The van der Waals surface area contributed by atoms with Crippen molar-refractivity contribution < 1.29 is 4.79 Å². The summed E-state index contributed by atoms with van der Waals surface area (Å²) in [5, 5.41) is 38.7. The molecule has 0 unspecified atom stereocenters. The van der Waals surface area contributed by atoms with Crippen molar-refractivity contribution in [1.29, 1.82) is 21.2 Å². The molecule has 1 spiro atoms. The van der Waals surface area contributed by atoms with Crippen LogP contribution in [0.4, 0.5) is 5.69 Å². The van der Waals surface area contributed by atoms with Crippen LogP contribution < -0.4 is 4.90 Å². The Kier molecular flexibility index (Phi) is 3.48. The first-order chi connectivity index (χ1) is 13.0. The fraction of sp³-hybridized carbons (Fsp3) is 0.381. The average Bonchev–Trinajstić information content (AvgIpc) is 2.93. The van der Waals surface area contributed by atoms with E-state index in [1.54, 1.807) is 25.2 Å². The summed E-state index contributed by atoms with van der Waals surface area (Å²) in [7, 11) is 1.64. The number of carbonyl (C=O) groups is 1. The summed E-state index contributed by atoms with van der Waals surface area (Å²) in [6.45, 7) is 0. The lowest BCUT2D eigenvalue weighted by Gasteiger charge is -2.51. The van der Waals surface area contributed by atoms with E-state index in [2.05, 4.69) is 6.07 Å². The number of hydrogen-bond donors (Lipinski definition) is 1. The van der Waals surface area contributed by atoms with Gasteiger partial charge in [-0.25, -0.2) is 0 Å². The van der Waals surface area contributed by atoms with E-state index in [1.807, 2.05) is 24.3 Å². The number of benzene rings is 1. The largest absolute Gasteiger partial charge is 0.314 e. The number of para-hydroxylation sites is 1. The minimum Gasteiger partial charge on any atom is -0.314 e. The molecule has 27 heavy (non-hydrogen) atoms. The summed E-state index contributed by atoms with van der Waals surface area (Å²) in [6, 6.07) is 13.4. The Bertz CT molecular complexity index is 1020. The van der Waals surface area contributed by atoms with Gasteiger partial charge in [-0.15, -0.1) is 0 Å². The quantitative estimate of drug-likeness (QED) is 0.720. The number of rotatable bonds is 0. The molecule has 6 heteroatoms. The second-order valence-corrected chi connectivity index (χ2v) is 7.33. The SMILES string of the molecule is CN1C(=O)[C@@]2(c3ccccc31)[C@@H]1CCCC=C1[C@@H](C#N)C(=N)C2(C#N)C#N. The van der Waals surface area contributed by atoms with Crippen LogP contribution in [0.2, 0.25) is 0 Å². The molecule has 1 saturated carbocycles. The van der Waals surface area contributed by atoms with Crippen molar-refractivity contribution in [2.24, 2.45) is 17.3 Å². The molecule has 1 aromatic carbocycles. The summed E-state index contributed by atoms with van der Waals surface area (Å²) >= 11 is 0. The van der Waals surface area contributed by atoms with E-state index in [-0.39, 0.29) is 11.6 Å². The van der Waals surface area contributed by atoms with Gasteiger partial charge in [0.05, 0.1) is 23.9 Å². The van der Waals surface area contributed by atoms with Crippen molar-refractivity contribution in [1.82, 2.24) is 0 Å². The molecule has 1 amide bonds. The molecule has 4 rings (SSSR count). The number of fused-ring (bicyclic) bond motifs is 4. The van der Waals surface area contributed by atoms with Crippen molar-refractivity contribution in [3.8, 4) is 18.2 Å². The van der Waals surface area contributed by atoms with Gasteiger partial charge < -0.3 is 10.3 Å². The van der Waals surface area contributed by atoms with Crippen LogP contribution in [0.3, 0.4) is 0 Å². The zero-order valence-electron chi connectivity index (χ0n) is 14.9. The van der Waals surface area contributed by atoms with Crippen LogP contribution in [0.25, 0.3) is 0 Å². The lowest BCUT2D eigenvalue weighted by atomic mass is 9.45. The molecule has 0 bridgehead atoms. The first kappa shape index (κ1) is 17.0. The molecule has 0 radical (unpaired) electrons. The van der Waals surface area contributed by atoms with E-state index < -0.39 is 22.7 Å². The third kappa shape index (κ3) is 1.67. The van der Waals surface area contributed by atoms with Crippen molar-refractivity contribution in [2.45, 2.75) is 24.7 Å². The summed E-state index contributed by atoms with van der Waals surface area (Å²) in [5.74, 6) is -1.72. The van der Waals surface area contributed by atoms with Crippen LogP contribution in [0.5, 0.6) is 0 Å². The van der Waals surface area contributed by atoms with Crippen molar-refractivity contribution in [2.75, 3.05) is 11.9 Å². The summed E-state index contributed by atoms with van der Waals surface area (Å²) < 4.78 is 0. The molecule has 3 atom stereocenters. The zero-order chi connectivity index (χ0) is 19.4. The van der Waals surface area contributed by atoms with Gasteiger partial charge in [0.25, 0.3) is 0 Å². The highest BCUT2D eigenvalue weighted by molar-refractivity contribution is 6.16. The maximum absolute atomic E-state index is 13.7. The summed E-state index contributed by atoms with van der Waals surface area (Å²) in [4.78, 5) is 15.2. The van der Waals surface area contributed by atoms with Gasteiger partial charge >= 0.3 is 0 Å². The summed E-state index contributed by atoms with van der Waals surface area (Å²) in [5.41, 5.74) is -1.79. The predicted octanol–water partition coefficient (Wildman–Crippen LogP) is 2.83. The number of anilines is 1. The van der Waals surface area contributed by atoms with Gasteiger partial charge in [-0.05, 0) is 36.5 Å². The standard InChI is InChI=1S/C21H17N5O/c1-26-17-9-5-4-8-16(17)21(19(26)27)15-7-3-2-6-13(15)14(10-22)18(25)20(21,11-23)12-24/h4-6,8-9,14-15,25H,2-3,7H2,1H3/t14-,15-,21+/m1/s1. The number of nitrogens with one attached hydrogen (secondary N) is 1. The first-order valence-corrected chi connectivity index (χ1v) is 8.90. The van der Waals surface area contributed by atoms with Gasteiger partial charge in [-0.2, -0.15) is 15.8 Å². The molecular weight excluding hydrogens is 338 g/mol. The van der Waals surface area contributed by atoms with E-state index in [1.165, 1.54) is 4.90 Å². The molecule has 2 aliphatic carbocycles. The van der Waals surface area contributed by atoms with Crippen LogP contribution in [0.15, 0.2) is 35.9 Å². The number of hydrogen-bond acceptors (Lipinski definition) is 5. The number of nitrogens with zero attached hydrogens (tertiary/aromatic N) is 4. The highest BCUT2D eigenvalue weighted by Crippen LogP contribution is 2.63. The molecule has 1 fully saturated rings. The van der Waals surface area contributed by atoms with Crippen LogP contribution in [-0.2, 0) is 10.2 Å². The normalized spacial score (nSPS) is 30.6. The smallest absolute Gasteiger partial charge is 0.241 e. The molecule has 1 N–H and O–H groups in total. The Hall–Kier alpha value is -3.43. The molecule has 1 heterocycles. The van der Waals surface area contributed by atoms with Crippen LogP contribution >= 0.6 is 0 Å². The third-order valence-electron chi connectivity index (χ3n) is 6.42. The van der Waals surface area contributed by atoms with Gasteiger partial charge in [0.2, 0.25) is 11.3 Å². The molecule has 0 saturated heterocycles. The van der Waals surface area contributed by atoms with Crippen LogP contribution in [-0.4, -0.2) is 18.7 Å². The molecular formula is C21H17N5O. The van der Waals surface area contributed by atoms with Crippen molar-refractivity contribution in [3.05, 3.63) is 41.5 Å². The average molecular weight is 355 g/mol. The Morgan fingerprint density at radius 3 is 2.59 bits per heavy atom. The van der Waals surface area contributed by atoms with E-state index in [9.17, 15) is 20.6 Å². The molecule has 1 aliphatic heterocycles.